The number of hydrogen-bond donors (Lipinski definition) is 1. The first-order valence-electron chi connectivity index (χ1n) is 6.64. The van der Waals surface area contributed by atoms with E-state index in [9.17, 15) is 4.79 Å². The molecule has 0 atom stereocenters. The van der Waals surface area contributed by atoms with Crippen molar-refractivity contribution in [2.24, 2.45) is 0 Å². The van der Waals surface area contributed by atoms with Gasteiger partial charge in [0.1, 0.15) is 0 Å². The van der Waals surface area contributed by atoms with Crippen molar-refractivity contribution in [3.63, 3.8) is 0 Å². The van der Waals surface area contributed by atoms with Crippen molar-refractivity contribution in [2.75, 3.05) is 0 Å². The van der Waals surface area contributed by atoms with E-state index in [4.69, 9.17) is 9.84 Å². The standard InChI is InChI=1S/C14H14O.C4H6O2/c1-3-7-13(8-4-1)11-15-12-14-9-5-2-6-10-14;1-3(2)4(5)6/h1-10H,11-12H2;1H2,2H3,(H,5,6). The minimum Gasteiger partial charge on any atom is -0.478 e. The highest BCUT2D eigenvalue weighted by atomic mass is 16.5. The Morgan fingerprint density at radius 3 is 1.57 bits per heavy atom. The summed E-state index contributed by atoms with van der Waals surface area (Å²) in [4.78, 5) is 9.60. The molecule has 3 nitrogen and oxygen atoms in total. The zero-order valence-electron chi connectivity index (χ0n) is 12.2. The SMILES string of the molecule is C=C(C)C(=O)O.c1ccc(COCc2ccccc2)cc1. The number of benzene rings is 2. The average molecular weight is 284 g/mol. The highest BCUT2D eigenvalue weighted by Gasteiger charge is 1.93. The van der Waals surface area contributed by atoms with Gasteiger partial charge in [-0.15, -0.1) is 0 Å². The zero-order valence-corrected chi connectivity index (χ0v) is 12.2. The molecule has 3 heteroatoms. The smallest absolute Gasteiger partial charge is 0.330 e. The molecule has 0 unspecified atom stereocenters. The van der Waals surface area contributed by atoms with Crippen LogP contribution >= 0.6 is 0 Å². The Kier molecular flexibility index (Phi) is 7.54. The lowest BCUT2D eigenvalue weighted by molar-refractivity contribution is -0.132. The summed E-state index contributed by atoms with van der Waals surface area (Å²) in [5.41, 5.74) is 2.61. The van der Waals surface area contributed by atoms with Crippen LogP contribution in [-0.2, 0) is 22.7 Å². The van der Waals surface area contributed by atoms with Crippen LogP contribution in [0.5, 0.6) is 0 Å². The third kappa shape index (κ3) is 7.70. The van der Waals surface area contributed by atoms with Gasteiger partial charge in [0, 0.05) is 5.57 Å². The Balaban J connectivity index is 0.000000315. The summed E-state index contributed by atoms with van der Waals surface area (Å²) in [7, 11) is 0. The first kappa shape index (κ1) is 16.7. The molecule has 0 saturated carbocycles. The number of carboxylic acid groups (broad SMARTS) is 1. The summed E-state index contributed by atoms with van der Waals surface area (Å²) < 4.78 is 5.61. The fourth-order valence-corrected chi connectivity index (χ4v) is 1.44. The minimum absolute atomic E-state index is 0.176. The van der Waals surface area contributed by atoms with Crippen molar-refractivity contribution in [1.29, 1.82) is 0 Å². The van der Waals surface area contributed by atoms with Gasteiger partial charge in [-0.25, -0.2) is 4.79 Å². The summed E-state index contributed by atoms with van der Waals surface area (Å²) in [5.74, 6) is -0.935. The lowest BCUT2D eigenvalue weighted by Gasteiger charge is -2.03. The number of carboxylic acids is 1. The van der Waals surface area contributed by atoms with Crippen LogP contribution in [0.1, 0.15) is 18.1 Å². The van der Waals surface area contributed by atoms with Gasteiger partial charge in [0.15, 0.2) is 0 Å². The van der Waals surface area contributed by atoms with Gasteiger partial charge in [-0.05, 0) is 18.1 Å². The average Bonchev–Trinajstić information content (AvgIpc) is 2.50. The highest BCUT2D eigenvalue weighted by Crippen LogP contribution is 2.05. The molecule has 0 aromatic heterocycles. The van der Waals surface area contributed by atoms with E-state index in [2.05, 4.69) is 30.8 Å². The normalized spacial score (nSPS) is 9.38. The first-order chi connectivity index (χ1) is 10.1. The van der Waals surface area contributed by atoms with Gasteiger partial charge in [-0.1, -0.05) is 67.2 Å². The maximum absolute atomic E-state index is 9.60. The third-order valence-electron chi connectivity index (χ3n) is 2.59. The van der Waals surface area contributed by atoms with Crippen LogP contribution in [0.4, 0.5) is 0 Å². The zero-order chi connectivity index (χ0) is 15.5. The summed E-state index contributed by atoms with van der Waals surface area (Å²) >= 11 is 0. The molecular weight excluding hydrogens is 264 g/mol. The lowest BCUT2D eigenvalue weighted by Crippen LogP contribution is -1.93. The molecule has 0 saturated heterocycles. The van der Waals surface area contributed by atoms with Gasteiger partial charge < -0.3 is 9.84 Å². The molecule has 0 radical (unpaired) electrons. The van der Waals surface area contributed by atoms with E-state index in [0.29, 0.717) is 13.2 Å². The van der Waals surface area contributed by atoms with Crippen LogP contribution < -0.4 is 0 Å². The molecule has 0 aliphatic rings. The Bertz CT molecular complexity index is 496. The van der Waals surface area contributed by atoms with Crippen LogP contribution in [-0.4, -0.2) is 11.1 Å². The monoisotopic (exact) mass is 284 g/mol. The van der Waals surface area contributed by atoms with Crippen LogP contribution in [0.15, 0.2) is 72.8 Å². The second kappa shape index (κ2) is 9.50. The van der Waals surface area contributed by atoms with Crippen LogP contribution in [0, 0.1) is 0 Å². The molecule has 0 amide bonds. The summed E-state index contributed by atoms with van der Waals surface area (Å²) in [6.07, 6.45) is 0. The third-order valence-corrected chi connectivity index (χ3v) is 2.59. The molecular formula is C18H20O3. The molecule has 21 heavy (non-hydrogen) atoms. The number of rotatable bonds is 5. The largest absolute Gasteiger partial charge is 0.478 e. The van der Waals surface area contributed by atoms with Crippen LogP contribution in [0.3, 0.4) is 0 Å². The Labute approximate surface area is 125 Å². The van der Waals surface area contributed by atoms with E-state index >= 15 is 0 Å². The minimum atomic E-state index is -0.935. The predicted octanol–water partition coefficient (Wildman–Crippen LogP) is 4.05. The fourth-order valence-electron chi connectivity index (χ4n) is 1.44. The Morgan fingerprint density at radius 2 is 1.29 bits per heavy atom. The molecule has 0 heterocycles. The quantitative estimate of drug-likeness (QED) is 0.842. The molecule has 2 aromatic rings. The van der Waals surface area contributed by atoms with Crippen molar-refractivity contribution in [1.82, 2.24) is 0 Å². The number of aliphatic carboxylic acids is 1. The molecule has 0 fully saturated rings. The molecule has 0 aliphatic carbocycles. The van der Waals surface area contributed by atoms with Gasteiger partial charge >= 0.3 is 5.97 Å². The van der Waals surface area contributed by atoms with Crippen molar-refractivity contribution in [3.05, 3.63) is 83.9 Å². The van der Waals surface area contributed by atoms with E-state index < -0.39 is 5.97 Å². The maximum Gasteiger partial charge on any atom is 0.330 e. The fraction of sp³-hybridized carbons (Fsp3) is 0.167. The Hall–Kier alpha value is -2.39. The van der Waals surface area contributed by atoms with E-state index in [1.807, 2.05) is 36.4 Å². The molecule has 1 N–H and O–H groups in total. The summed E-state index contributed by atoms with van der Waals surface area (Å²) in [5, 5.41) is 7.89. The van der Waals surface area contributed by atoms with Crippen molar-refractivity contribution < 1.29 is 14.6 Å². The van der Waals surface area contributed by atoms with Gasteiger partial charge in [0.05, 0.1) is 13.2 Å². The topological polar surface area (TPSA) is 46.5 Å². The predicted molar refractivity (Wildman–Crippen MR) is 83.8 cm³/mol. The van der Waals surface area contributed by atoms with Crippen molar-refractivity contribution in [2.45, 2.75) is 20.1 Å². The van der Waals surface area contributed by atoms with E-state index in [1.54, 1.807) is 0 Å². The molecule has 0 spiro atoms. The Morgan fingerprint density at radius 1 is 0.952 bits per heavy atom. The van der Waals surface area contributed by atoms with Gasteiger partial charge in [-0.2, -0.15) is 0 Å². The van der Waals surface area contributed by atoms with Crippen molar-refractivity contribution >= 4 is 5.97 Å². The second-order valence-corrected chi connectivity index (χ2v) is 4.55. The lowest BCUT2D eigenvalue weighted by atomic mass is 10.2. The molecule has 2 aromatic carbocycles. The van der Waals surface area contributed by atoms with Gasteiger partial charge in [0.2, 0.25) is 0 Å². The van der Waals surface area contributed by atoms with Gasteiger partial charge in [-0.3, -0.25) is 0 Å². The molecule has 110 valence electrons. The van der Waals surface area contributed by atoms with E-state index in [0.717, 1.165) is 0 Å². The van der Waals surface area contributed by atoms with Crippen molar-refractivity contribution in [3.8, 4) is 0 Å². The van der Waals surface area contributed by atoms with Crippen LogP contribution in [0.25, 0.3) is 0 Å². The second-order valence-electron chi connectivity index (χ2n) is 4.55. The molecule has 0 bridgehead atoms. The molecule has 2 rings (SSSR count). The number of carbonyl (C=O) groups is 1. The maximum atomic E-state index is 9.60. The van der Waals surface area contributed by atoms with E-state index in [1.165, 1.54) is 18.1 Å². The summed E-state index contributed by atoms with van der Waals surface area (Å²) in [6, 6.07) is 20.4. The number of ether oxygens (including phenoxy) is 1. The van der Waals surface area contributed by atoms with Gasteiger partial charge in [0.25, 0.3) is 0 Å². The summed E-state index contributed by atoms with van der Waals surface area (Å²) in [6.45, 7) is 5.95. The number of hydrogen-bond acceptors (Lipinski definition) is 2. The van der Waals surface area contributed by atoms with E-state index in [-0.39, 0.29) is 5.57 Å². The highest BCUT2D eigenvalue weighted by molar-refractivity contribution is 5.84. The van der Waals surface area contributed by atoms with Crippen LogP contribution in [0.2, 0.25) is 0 Å². The molecule has 0 aliphatic heterocycles. The first-order valence-corrected chi connectivity index (χ1v) is 6.64.